The number of nitrogens with zero attached hydrogens (tertiary/aromatic N) is 2. The molecule has 0 bridgehead atoms. The minimum absolute atomic E-state index is 0.0204. The van der Waals surface area contributed by atoms with Gasteiger partial charge in [-0.15, -0.1) is 11.3 Å². The third-order valence-corrected chi connectivity index (χ3v) is 5.24. The molecule has 2 heterocycles. The highest BCUT2D eigenvalue weighted by molar-refractivity contribution is 7.11. The Bertz CT molecular complexity index is 605. The van der Waals surface area contributed by atoms with Crippen LogP contribution in [0.15, 0.2) is 0 Å². The van der Waals surface area contributed by atoms with Crippen molar-refractivity contribution < 1.29 is 14.4 Å². The third kappa shape index (κ3) is 4.07. The van der Waals surface area contributed by atoms with Crippen LogP contribution in [0.4, 0.5) is 4.79 Å². The highest BCUT2D eigenvalue weighted by Crippen LogP contribution is 2.26. The van der Waals surface area contributed by atoms with Gasteiger partial charge in [0, 0.05) is 30.8 Å². The van der Waals surface area contributed by atoms with Crippen molar-refractivity contribution in [3.63, 3.8) is 0 Å². The second-order valence-electron chi connectivity index (χ2n) is 5.81. The Morgan fingerprint density at radius 3 is 2.87 bits per heavy atom. The highest BCUT2D eigenvalue weighted by atomic mass is 32.1. The number of rotatable bonds is 5. The van der Waals surface area contributed by atoms with Crippen molar-refractivity contribution >= 4 is 29.2 Å². The lowest BCUT2D eigenvalue weighted by Crippen LogP contribution is -2.52. The van der Waals surface area contributed by atoms with E-state index in [4.69, 9.17) is 0 Å². The van der Waals surface area contributed by atoms with Gasteiger partial charge in [0.1, 0.15) is 6.54 Å². The van der Waals surface area contributed by atoms with E-state index >= 15 is 0 Å². The van der Waals surface area contributed by atoms with E-state index in [0.29, 0.717) is 13.0 Å². The summed E-state index contributed by atoms with van der Waals surface area (Å²) in [5.41, 5.74) is 1.23. The van der Waals surface area contributed by atoms with Crippen LogP contribution in [0, 0.1) is 0 Å². The van der Waals surface area contributed by atoms with Gasteiger partial charge in [-0.3, -0.25) is 14.9 Å². The molecule has 7 nitrogen and oxygen atoms in total. The van der Waals surface area contributed by atoms with Gasteiger partial charge >= 0.3 is 6.03 Å². The molecule has 1 saturated heterocycles. The van der Waals surface area contributed by atoms with Gasteiger partial charge in [0.25, 0.3) is 0 Å². The van der Waals surface area contributed by atoms with E-state index < -0.39 is 6.03 Å². The smallest absolute Gasteiger partial charge is 0.324 e. The van der Waals surface area contributed by atoms with E-state index in [-0.39, 0.29) is 31.3 Å². The number of urea groups is 1. The van der Waals surface area contributed by atoms with Crippen LogP contribution in [-0.2, 0) is 28.9 Å². The first-order valence-corrected chi connectivity index (χ1v) is 8.76. The molecule has 3 rings (SSSR count). The molecule has 0 unspecified atom stereocenters. The molecule has 4 amide bonds. The molecule has 23 heavy (non-hydrogen) atoms. The zero-order valence-corrected chi connectivity index (χ0v) is 13.7. The average molecular weight is 336 g/mol. The molecular formula is C15H20N4O3S. The standard InChI is InChI=1S/C15H20N4O3S/c20-12-6-8-19(15(22)18-12)9-13(21)16-7-5-14-17-10-3-1-2-4-11(10)23-14/h1-9H2,(H,16,21)(H,18,20,22). The normalized spacial score (nSPS) is 17.7. The van der Waals surface area contributed by atoms with Crippen molar-refractivity contribution in [1.82, 2.24) is 20.5 Å². The summed E-state index contributed by atoms with van der Waals surface area (Å²) < 4.78 is 0. The molecule has 0 aromatic carbocycles. The summed E-state index contributed by atoms with van der Waals surface area (Å²) in [7, 11) is 0. The van der Waals surface area contributed by atoms with Crippen LogP contribution >= 0.6 is 11.3 Å². The molecule has 0 atom stereocenters. The Kier molecular flexibility index (Phi) is 4.90. The number of carbonyl (C=O) groups excluding carboxylic acids is 3. The molecule has 2 aliphatic rings. The molecule has 1 aliphatic carbocycles. The summed E-state index contributed by atoms with van der Waals surface area (Å²) >= 11 is 1.75. The number of fused-ring (bicyclic) bond motifs is 1. The fraction of sp³-hybridized carbons (Fsp3) is 0.600. The number of amides is 4. The summed E-state index contributed by atoms with van der Waals surface area (Å²) in [5.74, 6) is -0.504. The molecule has 0 spiro atoms. The lowest BCUT2D eigenvalue weighted by Gasteiger charge is -2.25. The summed E-state index contributed by atoms with van der Waals surface area (Å²) in [4.78, 5) is 41.9. The van der Waals surface area contributed by atoms with Crippen molar-refractivity contribution in [3.05, 3.63) is 15.6 Å². The van der Waals surface area contributed by atoms with Gasteiger partial charge < -0.3 is 10.2 Å². The van der Waals surface area contributed by atoms with Crippen molar-refractivity contribution in [1.29, 1.82) is 0 Å². The first-order valence-electron chi connectivity index (χ1n) is 7.95. The first-order chi connectivity index (χ1) is 11.1. The van der Waals surface area contributed by atoms with Crippen molar-refractivity contribution in [2.24, 2.45) is 0 Å². The quantitative estimate of drug-likeness (QED) is 0.825. The fourth-order valence-corrected chi connectivity index (χ4v) is 3.96. The summed E-state index contributed by atoms with van der Waals surface area (Å²) in [5, 5.41) is 6.08. The Hall–Kier alpha value is -1.96. The second-order valence-corrected chi connectivity index (χ2v) is 6.98. The van der Waals surface area contributed by atoms with Gasteiger partial charge in [0.15, 0.2) is 0 Å². The van der Waals surface area contributed by atoms with Gasteiger partial charge in [-0.05, 0) is 25.7 Å². The minimum atomic E-state index is -0.496. The maximum atomic E-state index is 11.9. The fourth-order valence-electron chi connectivity index (χ4n) is 2.80. The lowest BCUT2D eigenvalue weighted by atomic mass is 10.0. The maximum Gasteiger partial charge on any atom is 0.324 e. The van der Waals surface area contributed by atoms with Crippen LogP contribution in [0.25, 0.3) is 0 Å². The Morgan fingerprint density at radius 1 is 1.26 bits per heavy atom. The maximum absolute atomic E-state index is 11.9. The highest BCUT2D eigenvalue weighted by Gasteiger charge is 2.24. The number of nitrogens with one attached hydrogen (secondary N) is 2. The molecule has 124 valence electrons. The van der Waals surface area contributed by atoms with Crippen LogP contribution in [0.2, 0.25) is 0 Å². The van der Waals surface area contributed by atoms with Crippen LogP contribution in [-0.4, -0.2) is 47.4 Å². The molecule has 2 N–H and O–H groups in total. The number of imide groups is 1. The average Bonchev–Trinajstić information content (AvgIpc) is 2.93. The Labute approximate surface area is 138 Å². The van der Waals surface area contributed by atoms with Crippen LogP contribution in [0.5, 0.6) is 0 Å². The molecule has 1 aromatic heterocycles. The summed E-state index contributed by atoms with van der Waals surface area (Å²) in [6.07, 6.45) is 5.61. The third-order valence-electron chi connectivity index (χ3n) is 4.03. The van der Waals surface area contributed by atoms with Gasteiger partial charge in [0.05, 0.1) is 10.7 Å². The zero-order valence-electron chi connectivity index (χ0n) is 12.9. The van der Waals surface area contributed by atoms with Gasteiger partial charge in [0.2, 0.25) is 11.8 Å². The topological polar surface area (TPSA) is 91.4 Å². The molecular weight excluding hydrogens is 316 g/mol. The Morgan fingerprint density at radius 2 is 2.09 bits per heavy atom. The minimum Gasteiger partial charge on any atom is -0.354 e. The Balaban J connectivity index is 1.41. The number of aromatic nitrogens is 1. The van der Waals surface area contributed by atoms with E-state index in [0.717, 1.165) is 17.8 Å². The van der Waals surface area contributed by atoms with E-state index in [9.17, 15) is 14.4 Å². The van der Waals surface area contributed by atoms with Crippen molar-refractivity contribution in [2.45, 2.75) is 38.5 Å². The number of carbonyl (C=O) groups is 3. The van der Waals surface area contributed by atoms with Crippen LogP contribution < -0.4 is 10.6 Å². The van der Waals surface area contributed by atoms with Crippen molar-refractivity contribution in [3.8, 4) is 0 Å². The van der Waals surface area contributed by atoms with Crippen molar-refractivity contribution in [2.75, 3.05) is 19.6 Å². The molecule has 1 aliphatic heterocycles. The zero-order chi connectivity index (χ0) is 16.2. The predicted octanol–water partition coefficient (Wildman–Crippen LogP) is 0.623. The number of thiazole rings is 1. The van der Waals surface area contributed by atoms with E-state index in [1.165, 1.54) is 28.3 Å². The van der Waals surface area contributed by atoms with E-state index in [2.05, 4.69) is 15.6 Å². The number of hydrogen-bond donors (Lipinski definition) is 2. The molecule has 0 saturated carbocycles. The molecule has 1 fully saturated rings. The predicted molar refractivity (Wildman–Crippen MR) is 85.2 cm³/mol. The van der Waals surface area contributed by atoms with E-state index in [1.54, 1.807) is 11.3 Å². The summed E-state index contributed by atoms with van der Waals surface area (Å²) in [6, 6.07) is -0.496. The number of hydrogen-bond acceptors (Lipinski definition) is 5. The summed E-state index contributed by atoms with van der Waals surface area (Å²) in [6.45, 7) is 0.782. The largest absolute Gasteiger partial charge is 0.354 e. The molecule has 0 radical (unpaired) electrons. The molecule has 1 aromatic rings. The van der Waals surface area contributed by atoms with Gasteiger partial charge in [-0.2, -0.15) is 0 Å². The lowest BCUT2D eigenvalue weighted by molar-refractivity contribution is -0.125. The van der Waals surface area contributed by atoms with Gasteiger partial charge in [-0.25, -0.2) is 9.78 Å². The van der Waals surface area contributed by atoms with Crippen LogP contribution in [0.3, 0.4) is 0 Å². The van der Waals surface area contributed by atoms with E-state index in [1.807, 2.05) is 0 Å². The molecule has 8 heteroatoms. The number of aryl methyl sites for hydroxylation is 2. The SMILES string of the molecule is O=C(CN1CCC(=O)NC1=O)NCCc1nc2c(s1)CCCC2. The first kappa shape index (κ1) is 15.9. The van der Waals surface area contributed by atoms with Gasteiger partial charge in [-0.1, -0.05) is 0 Å². The second kappa shape index (κ2) is 7.08. The monoisotopic (exact) mass is 336 g/mol. The van der Waals surface area contributed by atoms with Crippen LogP contribution in [0.1, 0.15) is 34.8 Å².